The Balaban J connectivity index is 0. The molecular weight excluding hydrogens is 191 g/mol. The van der Waals surface area contributed by atoms with Gasteiger partial charge >= 0.3 is 18.1 Å². The Morgan fingerprint density at radius 1 is 0.700 bits per heavy atom. The Kier molecular flexibility index (Phi) is 5.83. The van der Waals surface area contributed by atoms with E-state index in [9.17, 15) is 0 Å². The molecule has 7 nitrogen and oxygen atoms in total. The third-order valence-electron chi connectivity index (χ3n) is 0.274. The minimum absolute atomic E-state index is 0. The van der Waals surface area contributed by atoms with E-state index >= 15 is 0 Å². The van der Waals surface area contributed by atoms with Crippen LogP contribution in [0, 0.1) is 0 Å². The van der Waals surface area contributed by atoms with Crippen molar-refractivity contribution in [3.05, 3.63) is 0 Å². The van der Waals surface area contributed by atoms with Gasteiger partial charge in [0.2, 0.25) is 0 Å². The van der Waals surface area contributed by atoms with Crippen molar-refractivity contribution < 1.29 is 32.9 Å². The molecule has 0 saturated heterocycles. The molecule has 0 unspecified atom stereocenters. The Bertz CT molecular complexity index is 76.8. The molecule has 0 saturated carbocycles. The van der Waals surface area contributed by atoms with Crippen LogP contribution in [0.5, 0.6) is 0 Å². The number of rotatable bonds is 2. The largest absolute Gasteiger partial charge is 0.665 e. The molecule has 0 aromatic heterocycles. The zero-order chi connectivity index (χ0) is 7.71. The van der Waals surface area contributed by atoms with E-state index in [2.05, 4.69) is 4.12 Å². The van der Waals surface area contributed by atoms with Crippen LogP contribution >= 0.6 is 0 Å². The molecular formula is H6NaO7Si2. The van der Waals surface area contributed by atoms with Crippen molar-refractivity contribution in [1.29, 1.82) is 0 Å². The van der Waals surface area contributed by atoms with Crippen LogP contribution in [0.3, 0.4) is 0 Å². The van der Waals surface area contributed by atoms with Gasteiger partial charge in [-0.25, -0.2) is 0 Å². The van der Waals surface area contributed by atoms with Crippen LogP contribution in [-0.4, -0.2) is 76.4 Å². The summed E-state index contributed by atoms with van der Waals surface area (Å²) in [6, 6.07) is 0. The molecule has 0 bridgehead atoms. The van der Waals surface area contributed by atoms with Crippen molar-refractivity contribution in [1.82, 2.24) is 0 Å². The molecule has 0 aromatic carbocycles. The monoisotopic (exact) mass is 197 g/mol. The van der Waals surface area contributed by atoms with Crippen molar-refractivity contribution in [2.45, 2.75) is 0 Å². The third-order valence-corrected chi connectivity index (χ3v) is 2.46. The summed E-state index contributed by atoms with van der Waals surface area (Å²) in [5.41, 5.74) is 0. The zero-order valence-electron chi connectivity index (χ0n) is 5.09. The van der Waals surface area contributed by atoms with Gasteiger partial charge in [-0.2, -0.15) is 0 Å². The molecule has 0 aliphatic heterocycles. The summed E-state index contributed by atoms with van der Waals surface area (Å²) < 4.78 is 3.24. The molecule has 1 radical (unpaired) electrons. The minimum Gasteiger partial charge on any atom is -0.368 e. The van der Waals surface area contributed by atoms with Crippen molar-refractivity contribution >= 4 is 47.7 Å². The maximum Gasteiger partial charge on any atom is 0.665 e. The van der Waals surface area contributed by atoms with Gasteiger partial charge in [-0.3, -0.25) is 0 Å². The van der Waals surface area contributed by atoms with Crippen molar-refractivity contribution in [3.63, 3.8) is 0 Å². The van der Waals surface area contributed by atoms with Crippen LogP contribution in [0.1, 0.15) is 0 Å². The maximum absolute atomic E-state index is 7.94. The average Bonchev–Trinajstić information content (AvgIpc) is 1.14. The van der Waals surface area contributed by atoms with Crippen LogP contribution in [0.15, 0.2) is 0 Å². The van der Waals surface area contributed by atoms with E-state index in [1.54, 1.807) is 0 Å². The van der Waals surface area contributed by atoms with Gasteiger partial charge in [0.1, 0.15) is 0 Å². The molecule has 0 aliphatic carbocycles. The molecule has 6 N–H and O–H groups in total. The Labute approximate surface area is 80.4 Å². The molecule has 10 heavy (non-hydrogen) atoms. The molecule has 10 heteroatoms. The topological polar surface area (TPSA) is 131 Å². The fourth-order valence-corrected chi connectivity index (χ4v) is 1.65. The average molecular weight is 197 g/mol. The molecule has 0 heterocycles. The van der Waals surface area contributed by atoms with Crippen LogP contribution < -0.4 is 0 Å². The molecule has 0 aliphatic rings. The fraction of sp³-hybridized carbons (Fsp3) is 0. The van der Waals surface area contributed by atoms with Gasteiger partial charge in [-0.1, -0.05) is 0 Å². The fourth-order valence-electron chi connectivity index (χ4n) is 0.184. The molecule has 0 rings (SSSR count). The predicted octanol–water partition coefficient (Wildman–Crippen LogP) is -4.55. The quantitative estimate of drug-likeness (QED) is 0.246. The van der Waals surface area contributed by atoms with E-state index in [-0.39, 0.29) is 29.6 Å². The predicted molar refractivity (Wildman–Crippen MR) is 31.7 cm³/mol. The number of hydrogen-bond donors (Lipinski definition) is 6. The van der Waals surface area contributed by atoms with Gasteiger partial charge in [-0.05, 0) is 0 Å². The SMILES string of the molecule is O[Si](O)(O)O[Si](O)(O)O.[Na]. The van der Waals surface area contributed by atoms with Gasteiger partial charge in [0.15, 0.2) is 0 Å². The summed E-state index contributed by atoms with van der Waals surface area (Å²) in [6.07, 6.45) is 0. The van der Waals surface area contributed by atoms with E-state index in [4.69, 9.17) is 28.8 Å². The Morgan fingerprint density at radius 3 is 0.900 bits per heavy atom. The Morgan fingerprint density at radius 2 is 0.900 bits per heavy atom. The molecule has 0 aromatic rings. The van der Waals surface area contributed by atoms with Gasteiger partial charge in [0.25, 0.3) is 0 Å². The van der Waals surface area contributed by atoms with Crippen molar-refractivity contribution in [2.24, 2.45) is 0 Å². The van der Waals surface area contributed by atoms with Crippen LogP contribution in [0.25, 0.3) is 0 Å². The van der Waals surface area contributed by atoms with E-state index < -0.39 is 18.1 Å². The third kappa shape index (κ3) is 11.9. The molecule has 0 spiro atoms. The first-order valence-electron chi connectivity index (χ1n) is 1.75. The first-order valence-corrected chi connectivity index (χ1v) is 5.25. The van der Waals surface area contributed by atoms with E-state index in [1.165, 1.54) is 0 Å². The smallest absolute Gasteiger partial charge is 0.368 e. The second kappa shape index (κ2) is 4.25. The standard InChI is InChI=1S/Na.H6O7Si2/c;1-8(2,3)7-9(4,5)6/h;1-6H. The summed E-state index contributed by atoms with van der Waals surface area (Å²) >= 11 is 0. The summed E-state index contributed by atoms with van der Waals surface area (Å²) in [7, 11) is -9.96. The van der Waals surface area contributed by atoms with Crippen molar-refractivity contribution in [3.8, 4) is 0 Å². The van der Waals surface area contributed by atoms with E-state index in [1.807, 2.05) is 0 Å². The summed E-state index contributed by atoms with van der Waals surface area (Å²) in [5.74, 6) is 0. The van der Waals surface area contributed by atoms with Gasteiger partial charge in [0.05, 0.1) is 0 Å². The Hall–Kier alpha value is 1.15. The van der Waals surface area contributed by atoms with Crippen LogP contribution in [-0.2, 0) is 4.12 Å². The van der Waals surface area contributed by atoms with Gasteiger partial charge in [0, 0.05) is 29.6 Å². The normalized spacial score (nSPS) is 12.6. The molecule has 57 valence electrons. The zero-order valence-corrected chi connectivity index (χ0v) is 9.09. The second-order valence-electron chi connectivity index (χ2n) is 1.25. The first-order chi connectivity index (χ1) is 3.71. The van der Waals surface area contributed by atoms with Gasteiger partial charge in [-0.15, -0.1) is 0 Å². The van der Waals surface area contributed by atoms with Crippen LogP contribution in [0.2, 0.25) is 0 Å². The summed E-state index contributed by atoms with van der Waals surface area (Å²) in [5, 5.41) is 0. The molecule has 0 atom stereocenters. The molecule has 0 amide bonds. The van der Waals surface area contributed by atoms with E-state index in [0.717, 1.165) is 0 Å². The molecule has 0 fully saturated rings. The van der Waals surface area contributed by atoms with Crippen molar-refractivity contribution in [2.75, 3.05) is 0 Å². The van der Waals surface area contributed by atoms with Gasteiger partial charge < -0.3 is 32.9 Å². The first kappa shape index (κ1) is 13.7. The summed E-state index contributed by atoms with van der Waals surface area (Å²) in [4.78, 5) is 47.6. The minimum atomic E-state index is -4.98. The van der Waals surface area contributed by atoms with E-state index in [0.29, 0.717) is 0 Å². The second-order valence-corrected chi connectivity index (χ2v) is 4.36. The summed E-state index contributed by atoms with van der Waals surface area (Å²) in [6.45, 7) is 0. The number of hydrogen-bond acceptors (Lipinski definition) is 7. The van der Waals surface area contributed by atoms with Crippen LogP contribution in [0.4, 0.5) is 0 Å². The maximum atomic E-state index is 7.94.